The fraction of sp³-hybridized carbons (Fsp3) is 0.594. The van der Waals surface area contributed by atoms with Gasteiger partial charge in [0, 0.05) is 40.7 Å². The maximum Gasteiger partial charge on any atom is 0.336 e. The number of aliphatic hydroxyl groups excluding tert-OH is 1. The lowest BCUT2D eigenvalue weighted by Gasteiger charge is -2.61. The highest BCUT2D eigenvalue weighted by atomic mass is 16.5. The van der Waals surface area contributed by atoms with Gasteiger partial charge in [0.25, 0.3) is 0 Å². The number of ketones is 2. The highest BCUT2D eigenvalue weighted by Crippen LogP contribution is 2.69. The van der Waals surface area contributed by atoms with Crippen LogP contribution in [0.4, 0.5) is 0 Å². The van der Waals surface area contributed by atoms with E-state index in [9.17, 15) is 24.6 Å². The Morgan fingerprint density at radius 3 is 2.45 bits per heavy atom. The molecule has 3 fully saturated rings. The van der Waals surface area contributed by atoms with Gasteiger partial charge in [-0.2, -0.15) is 0 Å². The van der Waals surface area contributed by atoms with Gasteiger partial charge in [-0.15, -0.1) is 0 Å². The summed E-state index contributed by atoms with van der Waals surface area (Å²) in [7, 11) is 2.94. The van der Waals surface area contributed by atoms with E-state index in [0.29, 0.717) is 36.8 Å². The average molecular weight is 551 g/mol. The number of phenolic OH excluding ortho intramolecular Hbond substituents is 1. The van der Waals surface area contributed by atoms with Gasteiger partial charge in [0.05, 0.1) is 20.3 Å². The minimum absolute atomic E-state index is 0.0214. The summed E-state index contributed by atoms with van der Waals surface area (Å²) in [6.07, 6.45) is 5.19. The first-order chi connectivity index (χ1) is 19.0. The lowest BCUT2D eigenvalue weighted by atomic mass is 9.44. The fourth-order valence-electron chi connectivity index (χ4n) is 9.54. The SMILES string of the molecule is COc1c(OC)c(O)c2oc(=O)ccc2c1C1CC2C(CC(O)C3(C)C(C(C)=O)CCC23)C2(C)CCC(=O)C=C12. The van der Waals surface area contributed by atoms with Crippen molar-refractivity contribution >= 4 is 22.5 Å². The molecule has 0 amide bonds. The van der Waals surface area contributed by atoms with Crippen LogP contribution in [0.1, 0.15) is 70.8 Å². The number of phenols is 1. The van der Waals surface area contributed by atoms with Crippen molar-refractivity contribution in [2.24, 2.45) is 34.5 Å². The number of carbonyl (C=O) groups is 2. The van der Waals surface area contributed by atoms with E-state index in [1.165, 1.54) is 20.3 Å². The molecule has 0 spiro atoms. The van der Waals surface area contributed by atoms with Crippen molar-refractivity contribution in [1.29, 1.82) is 0 Å². The van der Waals surface area contributed by atoms with E-state index in [1.807, 2.05) is 0 Å². The Labute approximate surface area is 233 Å². The molecule has 2 aromatic rings. The molecule has 0 aliphatic heterocycles. The molecule has 4 aliphatic rings. The van der Waals surface area contributed by atoms with Crippen LogP contribution in [0.3, 0.4) is 0 Å². The molecule has 8 heteroatoms. The summed E-state index contributed by atoms with van der Waals surface area (Å²) in [5.41, 5.74) is 0.255. The largest absolute Gasteiger partial charge is 0.502 e. The van der Waals surface area contributed by atoms with E-state index in [4.69, 9.17) is 13.9 Å². The minimum Gasteiger partial charge on any atom is -0.502 e. The standard InChI is InChI=1S/C32H38O8/c1-15(33)20-7-8-21-18-13-19(22-12-16(34)10-11-31(22,2)23(18)14-24(35)32(20,21)3)26-17-6-9-25(36)40-28(17)27(37)30(39-5)29(26)38-4/h6,9,12,18-21,23-24,35,37H,7-8,10-11,13-14H2,1-5H3. The Morgan fingerprint density at radius 2 is 1.77 bits per heavy atom. The van der Waals surface area contributed by atoms with Crippen molar-refractivity contribution in [3.05, 3.63) is 39.8 Å². The number of Topliss-reactive ketones (excluding diaryl/α,β-unsaturated/α-hetero) is 1. The first kappa shape index (κ1) is 27.1. The molecule has 8 unspecified atom stereocenters. The summed E-state index contributed by atoms with van der Waals surface area (Å²) in [5.74, 6) is 0.326. The molecular formula is C32H38O8. The molecule has 214 valence electrons. The fourth-order valence-corrected chi connectivity index (χ4v) is 9.54. The van der Waals surface area contributed by atoms with Gasteiger partial charge in [-0.1, -0.05) is 19.4 Å². The van der Waals surface area contributed by atoms with Crippen LogP contribution in [0.2, 0.25) is 0 Å². The van der Waals surface area contributed by atoms with Crippen LogP contribution < -0.4 is 15.1 Å². The number of hydrogen-bond donors (Lipinski definition) is 2. The second-order valence-corrected chi connectivity index (χ2v) is 12.8. The quantitative estimate of drug-likeness (QED) is 0.515. The minimum atomic E-state index is -0.597. The van der Waals surface area contributed by atoms with Crippen LogP contribution in [0.15, 0.2) is 33.0 Å². The number of fused-ring (bicyclic) bond motifs is 6. The molecule has 8 nitrogen and oxygen atoms in total. The number of methoxy groups -OCH3 is 2. The number of hydrogen-bond acceptors (Lipinski definition) is 8. The summed E-state index contributed by atoms with van der Waals surface area (Å²) in [5, 5.41) is 23.2. The molecule has 6 rings (SSSR count). The Hall–Kier alpha value is -3.13. The van der Waals surface area contributed by atoms with Crippen molar-refractivity contribution in [2.45, 2.75) is 71.3 Å². The van der Waals surface area contributed by atoms with Gasteiger partial charge in [0.2, 0.25) is 11.5 Å². The van der Waals surface area contributed by atoms with Crippen molar-refractivity contribution in [3.8, 4) is 17.2 Å². The molecule has 1 heterocycles. The van der Waals surface area contributed by atoms with E-state index in [2.05, 4.69) is 13.8 Å². The normalized spacial score (nSPS) is 36.9. The number of rotatable bonds is 4. The third kappa shape index (κ3) is 3.50. The van der Waals surface area contributed by atoms with Crippen LogP contribution in [0, 0.1) is 34.5 Å². The van der Waals surface area contributed by atoms with Gasteiger partial charge in [0.1, 0.15) is 5.78 Å². The highest BCUT2D eigenvalue weighted by molar-refractivity contribution is 5.95. The van der Waals surface area contributed by atoms with Crippen LogP contribution in [0.5, 0.6) is 17.2 Å². The van der Waals surface area contributed by atoms with Gasteiger partial charge < -0.3 is 24.1 Å². The summed E-state index contributed by atoms with van der Waals surface area (Å²) in [4.78, 5) is 37.9. The Morgan fingerprint density at radius 1 is 1.05 bits per heavy atom. The van der Waals surface area contributed by atoms with Crippen LogP contribution >= 0.6 is 0 Å². The zero-order valence-electron chi connectivity index (χ0n) is 23.8. The molecular weight excluding hydrogens is 512 g/mol. The van der Waals surface area contributed by atoms with Crippen LogP contribution in [-0.4, -0.2) is 42.1 Å². The predicted octanol–water partition coefficient (Wildman–Crippen LogP) is 4.92. The molecule has 2 N–H and O–H groups in total. The van der Waals surface area contributed by atoms with E-state index in [1.54, 1.807) is 19.1 Å². The maximum absolute atomic E-state index is 12.9. The maximum atomic E-state index is 12.9. The number of aromatic hydroxyl groups is 1. The first-order valence-corrected chi connectivity index (χ1v) is 14.3. The van der Waals surface area contributed by atoms with Crippen LogP contribution in [0.25, 0.3) is 11.0 Å². The number of ether oxygens (including phenoxy) is 2. The second-order valence-electron chi connectivity index (χ2n) is 12.8. The Bertz CT molecular complexity index is 1500. The van der Waals surface area contributed by atoms with Crippen molar-refractivity contribution in [1.82, 2.24) is 0 Å². The summed E-state index contributed by atoms with van der Waals surface area (Å²) in [6, 6.07) is 2.97. The monoisotopic (exact) mass is 550 g/mol. The Balaban J connectivity index is 1.61. The summed E-state index contributed by atoms with van der Waals surface area (Å²) in [6.45, 7) is 5.95. The molecule has 1 aromatic carbocycles. The average Bonchev–Trinajstić information content (AvgIpc) is 3.29. The van der Waals surface area contributed by atoms with Gasteiger partial charge in [0.15, 0.2) is 17.1 Å². The van der Waals surface area contributed by atoms with Gasteiger partial charge >= 0.3 is 5.63 Å². The molecule has 0 radical (unpaired) electrons. The van der Waals surface area contributed by atoms with Crippen molar-refractivity contribution in [2.75, 3.05) is 14.2 Å². The molecule has 4 aliphatic carbocycles. The lowest BCUT2D eigenvalue weighted by molar-refractivity contribution is -0.150. The zero-order chi connectivity index (χ0) is 28.7. The third-order valence-electron chi connectivity index (χ3n) is 11.4. The zero-order valence-corrected chi connectivity index (χ0v) is 23.8. The Kier molecular flexibility index (Phi) is 6.22. The highest BCUT2D eigenvalue weighted by Gasteiger charge is 2.64. The number of aliphatic hydroxyl groups is 1. The first-order valence-electron chi connectivity index (χ1n) is 14.3. The number of allylic oxidation sites excluding steroid dienone is 1. The molecule has 1 aromatic heterocycles. The number of benzene rings is 1. The van der Waals surface area contributed by atoms with Gasteiger partial charge in [-0.05, 0) is 74.3 Å². The van der Waals surface area contributed by atoms with Crippen molar-refractivity contribution in [3.63, 3.8) is 0 Å². The molecule has 8 atom stereocenters. The smallest absolute Gasteiger partial charge is 0.336 e. The van der Waals surface area contributed by atoms with Crippen LogP contribution in [-0.2, 0) is 9.59 Å². The van der Waals surface area contributed by atoms with E-state index < -0.39 is 17.1 Å². The predicted molar refractivity (Wildman–Crippen MR) is 148 cm³/mol. The van der Waals surface area contributed by atoms with E-state index in [-0.39, 0.29) is 63.7 Å². The van der Waals surface area contributed by atoms with Gasteiger partial charge in [-0.3, -0.25) is 9.59 Å². The van der Waals surface area contributed by atoms with Gasteiger partial charge in [-0.25, -0.2) is 4.79 Å². The van der Waals surface area contributed by atoms with Crippen molar-refractivity contribution < 1.29 is 33.7 Å². The van der Waals surface area contributed by atoms with E-state index in [0.717, 1.165) is 24.0 Å². The van der Waals surface area contributed by atoms with E-state index >= 15 is 0 Å². The molecule has 0 saturated heterocycles. The topological polar surface area (TPSA) is 123 Å². The molecule has 40 heavy (non-hydrogen) atoms. The lowest BCUT2D eigenvalue weighted by Crippen LogP contribution is -2.58. The third-order valence-corrected chi connectivity index (χ3v) is 11.4. The molecule has 3 saturated carbocycles. The number of carbonyl (C=O) groups excluding carboxylic acids is 2. The summed E-state index contributed by atoms with van der Waals surface area (Å²) >= 11 is 0. The summed E-state index contributed by atoms with van der Waals surface area (Å²) < 4.78 is 17.0. The second kappa shape index (κ2) is 9.20. The molecule has 0 bridgehead atoms.